The minimum Gasteiger partial charge on any atom is -0.342 e. The van der Waals surface area contributed by atoms with Crippen molar-refractivity contribution in [3.8, 4) is 0 Å². The number of carbonyl (C=O) groups excluding carboxylic acids is 1. The summed E-state index contributed by atoms with van der Waals surface area (Å²) >= 11 is 1.24. The van der Waals surface area contributed by atoms with Crippen LogP contribution in [0.4, 0.5) is 0 Å². The number of hydrogen-bond acceptors (Lipinski definition) is 4. The van der Waals surface area contributed by atoms with Crippen molar-refractivity contribution in [2.45, 2.75) is 43.7 Å². The summed E-state index contributed by atoms with van der Waals surface area (Å²) in [5, 5.41) is 1.77. The van der Waals surface area contributed by atoms with Gasteiger partial charge in [0.2, 0.25) is 5.91 Å². The van der Waals surface area contributed by atoms with Crippen LogP contribution in [-0.2, 0) is 14.8 Å². The van der Waals surface area contributed by atoms with Gasteiger partial charge in [-0.3, -0.25) is 4.79 Å². The van der Waals surface area contributed by atoms with Crippen LogP contribution in [0.2, 0.25) is 0 Å². The molecule has 1 amide bonds. The third-order valence-electron chi connectivity index (χ3n) is 5.03. The van der Waals surface area contributed by atoms with Gasteiger partial charge in [0.1, 0.15) is 4.21 Å². The molecule has 0 saturated carbocycles. The predicted octanol–water partition coefficient (Wildman–Crippen LogP) is 2.80. The van der Waals surface area contributed by atoms with Gasteiger partial charge in [0.15, 0.2) is 0 Å². The summed E-state index contributed by atoms with van der Waals surface area (Å²) in [5.74, 6) is -0.0729. The lowest BCUT2D eigenvalue weighted by Gasteiger charge is -2.41. The summed E-state index contributed by atoms with van der Waals surface area (Å²) in [6, 6.07) is 3.39. The molecule has 2 aliphatic heterocycles. The molecule has 1 aromatic heterocycles. The minimum atomic E-state index is -3.46. The van der Waals surface area contributed by atoms with Crippen molar-refractivity contribution in [2.24, 2.45) is 11.3 Å². The van der Waals surface area contributed by atoms with Gasteiger partial charge >= 0.3 is 0 Å². The summed E-state index contributed by atoms with van der Waals surface area (Å²) in [6.07, 6.45) is 3.70. The van der Waals surface area contributed by atoms with Crippen molar-refractivity contribution >= 4 is 27.3 Å². The molecular formula is C17H26N2O3S2. The monoisotopic (exact) mass is 370 g/mol. The van der Waals surface area contributed by atoms with Gasteiger partial charge < -0.3 is 4.90 Å². The highest BCUT2D eigenvalue weighted by Crippen LogP contribution is 2.31. The van der Waals surface area contributed by atoms with Crippen LogP contribution in [0.3, 0.4) is 0 Å². The van der Waals surface area contributed by atoms with Crippen LogP contribution < -0.4 is 0 Å². The SMILES string of the molecule is CC1(C)CCCN(C(=O)[C@H]2CCCN(S(=O)(=O)c3cccs3)C2)C1. The Morgan fingerprint density at radius 2 is 2.08 bits per heavy atom. The van der Waals surface area contributed by atoms with E-state index in [2.05, 4.69) is 13.8 Å². The Balaban J connectivity index is 1.70. The van der Waals surface area contributed by atoms with Gasteiger partial charge in [0.25, 0.3) is 10.0 Å². The molecule has 5 nitrogen and oxygen atoms in total. The van der Waals surface area contributed by atoms with Gasteiger partial charge in [-0.15, -0.1) is 11.3 Å². The van der Waals surface area contributed by atoms with Gasteiger partial charge in [-0.1, -0.05) is 19.9 Å². The number of amides is 1. The first kappa shape index (κ1) is 17.9. The smallest absolute Gasteiger partial charge is 0.252 e. The predicted molar refractivity (Wildman–Crippen MR) is 95.4 cm³/mol. The van der Waals surface area contributed by atoms with Crippen LogP contribution in [-0.4, -0.2) is 49.7 Å². The lowest BCUT2D eigenvalue weighted by Crippen LogP contribution is -2.50. The summed E-state index contributed by atoms with van der Waals surface area (Å²) in [4.78, 5) is 14.9. The molecule has 3 rings (SSSR count). The number of piperidine rings is 2. The molecule has 2 saturated heterocycles. The van der Waals surface area contributed by atoms with Gasteiger partial charge in [0.05, 0.1) is 5.92 Å². The van der Waals surface area contributed by atoms with Crippen LogP contribution in [0.5, 0.6) is 0 Å². The van der Waals surface area contributed by atoms with E-state index in [-0.39, 0.29) is 17.2 Å². The molecule has 2 fully saturated rings. The highest BCUT2D eigenvalue weighted by Gasteiger charge is 2.37. The van der Waals surface area contributed by atoms with Gasteiger partial charge in [-0.2, -0.15) is 4.31 Å². The Bertz CT molecular complexity index is 683. The lowest BCUT2D eigenvalue weighted by atomic mass is 9.83. The molecule has 0 aromatic carbocycles. The largest absolute Gasteiger partial charge is 0.342 e. The molecule has 0 N–H and O–H groups in total. The summed E-state index contributed by atoms with van der Waals surface area (Å²) < 4.78 is 27.3. The zero-order chi connectivity index (χ0) is 17.4. The maximum Gasteiger partial charge on any atom is 0.252 e. The van der Waals surface area contributed by atoms with E-state index in [0.29, 0.717) is 17.3 Å². The fourth-order valence-electron chi connectivity index (χ4n) is 3.77. The van der Waals surface area contributed by atoms with E-state index in [1.807, 2.05) is 4.90 Å². The second kappa shape index (κ2) is 6.77. The van der Waals surface area contributed by atoms with Crippen molar-refractivity contribution in [3.05, 3.63) is 17.5 Å². The van der Waals surface area contributed by atoms with Crippen molar-refractivity contribution in [3.63, 3.8) is 0 Å². The van der Waals surface area contributed by atoms with E-state index in [0.717, 1.165) is 38.8 Å². The quantitative estimate of drug-likeness (QED) is 0.822. The van der Waals surface area contributed by atoms with E-state index >= 15 is 0 Å². The highest BCUT2D eigenvalue weighted by atomic mass is 32.2. The highest BCUT2D eigenvalue weighted by molar-refractivity contribution is 7.91. The minimum absolute atomic E-state index is 0.133. The second-order valence-corrected chi connectivity index (χ2v) is 10.8. The number of thiophene rings is 1. The summed E-state index contributed by atoms with van der Waals surface area (Å²) in [7, 11) is -3.46. The molecule has 1 aromatic rings. The van der Waals surface area contributed by atoms with E-state index in [1.54, 1.807) is 17.5 Å². The maximum absolute atomic E-state index is 12.9. The number of likely N-dealkylation sites (tertiary alicyclic amines) is 1. The number of rotatable bonds is 3. The molecule has 0 unspecified atom stereocenters. The van der Waals surface area contributed by atoms with Gasteiger partial charge in [-0.25, -0.2) is 8.42 Å². The fraction of sp³-hybridized carbons (Fsp3) is 0.706. The number of nitrogens with zero attached hydrogens (tertiary/aromatic N) is 2. The zero-order valence-electron chi connectivity index (χ0n) is 14.4. The van der Waals surface area contributed by atoms with E-state index in [1.165, 1.54) is 15.6 Å². The Hall–Kier alpha value is -0.920. The van der Waals surface area contributed by atoms with Crippen molar-refractivity contribution in [1.82, 2.24) is 9.21 Å². The number of hydrogen-bond donors (Lipinski definition) is 0. The lowest BCUT2D eigenvalue weighted by molar-refractivity contribution is -0.139. The number of sulfonamides is 1. The third kappa shape index (κ3) is 3.68. The van der Waals surface area contributed by atoms with Crippen LogP contribution in [0.25, 0.3) is 0 Å². The van der Waals surface area contributed by atoms with Crippen LogP contribution in [0.15, 0.2) is 21.7 Å². The van der Waals surface area contributed by atoms with Crippen LogP contribution >= 0.6 is 11.3 Å². The van der Waals surface area contributed by atoms with E-state index in [9.17, 15) is 13.2 Å². The Labute approximate surface area is 148 Å². The first-order valence-electron chi connectivity index (χ1n) is 8.62. The molecule has 2 aliphatic rings. The van der Waals surface area contributed by atoms with Gasteiger partial charge in [0, 0.05) is 26.2 Å². The molecule has 1 atom stereocenters. The molecule has 24 heavy (non-hydrogen) atoms. The average molecular weight is 371 g/mol. The van der Waals surface area contributed by atoms with Crippen LogP contribution in [0, 0.1) is 11.3 Å². The summed E-state index contributed by atoms with van der Waals surface area (Å²) in [5.41, 5.74) is 0.158. The molecule has 0 bridgehead atoms. The van der Waals surface area contributed by atoms with Crippen molar-refractivity contribution in [2.75, 3.05) is 26.2 Å². The normalized spacial score (nSPS) is 25.6. The molecule has 3 heterocycles. The molecule has 7 heteroatoms. The molecule has 0 aliphatic carbocycles. The average Bonchev–Trinajstić information content (AvgIpc) is 3.08. The Morgan fingerprint density at radius 1 is 1.29 bits per heavy atom. The first-order valence-corrected chi connectivity index (χ1v) is 10.9. The second-order valence-electron chi connectivity index (χ2n) is 7.66. The number of carbonyl (C=O) groups is 1. The Morgan fingerprint density at radius 3 is 2.75 bits per heavy atom. The maximum atomic E-state index is 12.9. The zero-order valence-corrected chi connectivity index (χ0v) is 16.0. The van der Waals surface area contributed by atoms with Crippen molar-refractivity contribution < 1.29 is 13.2 Å². The van der Waals surface area contributed by atoms with Gasteiger partial charge in [-0.05, 0) is 42.5 Å². The first-order chi connectivity index (χ1) is 11.3. The molecule has 0 spiro atoms. The Kier molecular flexibility index (Phi) is 5.04. The van der Waals surface area contributed by atoms with E-state index in [4.69, 9.17) is 0 Å². The topological polar surface area (TPSA) is 57.7 Å². The standard InChI is InChI=1S/C17H26N2O3S2/c1-17(2)8-5-9-18(13-17)16(20)14-6-3-10-19(12-14)24(21,22)15-7-4-11-23-15/h4,7,11,14H,3,5-6,8-10,12-13H2,1-2H3/t14-/m0/s1. The summed E-state index contributed by atoms with van der Waals surface area (Å²) in [6.45, 7) is 6.80. The molecule has 0 radical (unpaired) electrons. The third-order valence-corrected chi connectivity index (χ3v) is 8.27. The van der Waals surface area contributed by atoms with Crippen LogP contribution in [0.1, 0.15) is 39.5 Å². The van der Waals surface area contributed by atoms with Crippen molar-refractivity contribution in [1.29, 1.82) is 0 Å². The van der Waals surface area contributed by atoms with E-state index < -0.39 is 10.0 Å². The fourth-order valence-corrected chi connectivity index (χ4v) is 6.44. The molecular weight excluding hydrogens is 344 g/mol. The molecule has 134 valence electrons.